The molecule has 1 atom stereocenters. The zero-order chi connectivity index (χ0) is 14.5. The van der Waals surface area contributed by atoms with Crippen LogP contribution in [-0.4, -0.2) is 41.1 Å². The number of carboxylic acid groups (broad SMARTS) is 1. The van der Waals surface area contributed by atoms with Crippen molar-refractivity contribution >= 4 is 12.0 Å². The average molecular weight is 270 g/mol. The molecular weight excluding hydrogens is 244 g/mol. The minimum atomic E-state index is -0.795. The highest BCUT2D eigenvalue weighted by atomic mass is 16.4. The van der Waals surface area contributed by atoms with E-state index in [-0.39, 0.29) is 18.6 Å². The number of carboxylic acids is 1. The Morgan fingerprint density at radius 2 is 2.00 bits per heavy atom. The first kappa shape index (κ1) is 15.8. The third-order valence-corrected chi connectivity index (χ3v) is 4.02. The Hall–Kier alpha value is -1.26. The van der Waals surface area contributed by atoms with Gasteiger partial charge in [-0.05, 0) is 32.6 Å². The van der Waals surface area contributed by atoms with Crippen LogP contribution >= 0.6 is 0 Å². The number of carbonyl (C=O) groups excluding carboxylic acids is 1. The molecule has 0 aliphatic heterocycles. The van der Waals surface area contributed by atoms with E-state index < -0.39 is 11.4 Å². The predicted molar refractivity (Wildman–Crippen MR) is 74.1 cm³/mol. The fourth-order valence-electron chi connectivity index (χ4n) is 2.03. The summed E-state index contributed by atoms with van der Waals surface area (Å²) in [4.78, 5) is 25.1. The van der Waals surface area contributed by atoms with Crippen molar-refractivity contribution in [3.05, 3.63) is 0 Å². The van der Waals surface area contributed by atoms with Crippen LogP contribution in [0.25, 0.3) is 0 Å². The fourth-order valence-corrected chi connectivity index (χ4v) is 2.03. The third-order valence-electron chi connectivity index (χ3n) is 4.02. The molecule has 1 aliphatic carbocycles. The van der Waals surface area contributed by atoms with Crippen molar-refractivity contribution in [1.29, 1.82) is 0 Å². The number of hydrogen-bond donors (Lipinski definition) is 2. The Morgan fingerprint density at radius 3 is 2.42 bits per heavy atom. The van der Waals surface area contributed by atoms with E-state index in [0.717, 1.165) is 25.8 Å². The number of aliphatic carboxylic acids is 1. The van der Waals surface area contributed by atoms with Gasteiger partial charge in [0, 0.05) is 19.1 Å². The highest BCUT2D eigenvalue weighted by Gasteiger charge is 2.50. The van der Waals surface area contributed by atoms with Crippen LogP contribution in [0.3, 0.4) is 0 Å². The number of nitrogens with one attached hydrogen (secondary N) is 1. The summed E-state index contributed by atoms with van der Waals surface area (Å²) in [5, 5.41) is 11.9. The summed E-state index contributed by atoms with van der Waals surface area (Å²) >= 11 is 0. The SMILES string of the molecule is CCCCN(C(=O)NCC1(C(=O)O)CC1)C(C)CC. The molecule has 2 N–H and O–H groups in total. The molecule has 1 rings (SSSR count). The van der Waals surface area contributed by atoms with Gasteiger partial charge in [-0.2, -0.15) is 0 Å². The highest BCUT2D eigenvalue weighted by molar-refractivity contribution is 5.80. The normalized spacial score (nSPS) is 17.6. The molecule has 19 heavy (non-hydrogen) atoms. The lowest BCUT2D eigenvalue weighted by Crippen LogP contribution is -2.47. The summed E-state index contributed by atoms with van der Waals surface area (Å²) < 4.78 is 0. The molecule has 0 bridgehead atoms. The molecule has 5 nitrogen and oxygen atoms in total. The van der Waals surface area contributed by atoms with E-state index in [2.05, 4.69) is 19.2 Å². The summed E-state index contributed by atoms with van der Waals surface area (Å²) in [6.45, 7) is 7.16. The molecule has 0 aromatic carbocycles. The van der Waals surface area contributed by atoms with Crippen LogP contribution in [-0.2, 0) is 4.79 Å². The Labute approximate surface area is 115 Å². The Balaban J connectivity index is 2.49. The van der Waals surface area contributed by atoms with Crippen LogP contribution in [0.2, 0.25) is 0 Å². The lowest BCUT2D eigenvalue weighted by molar-refractivity contribution is -0.143. The maximum absolute atomic E-state index is 12.2. The Morgan fingerprint density at radius 1 is 1.37 bits per heavy atom. The van der Waals surface area contributed by atoms with E-state index in [0.29, 0.717) is 12.8 Å². The van der Waals surface area contributed by atoms with Crippen LogP contribution in [0.5, 0.6) is 0 Å². The van der Waals surface area contributed by atoms with Gasteiger partial charge in [0.05, 0.1) is 5.41 Å². The summed E-state index contributed by atoms with van der Waals surface area (Å²) in [6, 6.07) is 0.0573. The topological polar surface area (TPSA) is 69.6 Å². The number of carbonyl (C=O) groups is 2. The summed E-state index contributed by atoms with van der Waals surface area (Å²) in [7, 11) is 0. The summed E-state index contributed by atoms with van der Waals surface area (Å²) in [5.41, 5.74) is -0.693. The van der Waals surface area contributed by atoms with E-state index in [1.54, 1.807) is 0 Å². The van der Waals surface area contributed by atoms with Crippen molar-refractivity contribution < 1.29 is 14.7 Å². The second kappa shape index (κ2) is 6.78. The molecule has 0 spiro atoms. The smallest absolute Gasteiger partial charge is 0.317 e. The molecule has 110 valence electrons. The zero-order valence-corrected chi connectivity index (χ0v) is 12.2. The maximum Gasteiger partial charge on any atom is 0.317 e. The van der Waals surface area contributed by atoms with Crippen molar-refractivity contribution in [2.45, 2.75) is 58.9 Å². The van der Waals surface area contributed by atoms with Crippen molar-refractivity contribution in [3.63, 3.8) is 0 Å². The van der Waals surface area contributed by atoms with Gasteiger partial charge in [0.2, 0.25) is 0 Å². The van der Waals surface area contributed by atoms with Crippen molar-refractivity contribution in [2.24, 2.45) is 5.41 Å². The lowest BCUT2D eigenvalue weighted by atomic mass is 10.1. The van der Waals surface area contributed by atoms with Crippen molar-refractivity contribution in [2.75, 3.05) is 13.1 Å². The van der Waals surface area contributed by atoms with Gasteiger partial charge in [-0.1, -0.05) is 20.3 Å². The monoisotopic (exact) mass is 270 g/mol. The highest BCUT2D eigenvalue weighted by Crippen LogP contribution is 2.45. The quantitative estimate of drug-likeness (QED) is 0.712. The molecule has 0 aromatic heterocycles. The lowest BCUT2D eigenvalue weighted by Gasteiger charge is -2.29. The van der Waals surface area contributed by atoms with Crippen molar-refractivity contribution in [3.8, 4) is 0 Å². The number of rotatable bonds is 8. The molecule has 0 aromatic rings. The predicted octanol–water partition coefficient (Wildman–Crippen LogP) is 2.46. The first-order valence-electron chi connectivity index (χ1n) is 7.24. The van der Waals surface area contributed by atoms with Crippen LogP contribution < -0.4 is 5.32 Å². The van der Waals surface area contributed by atoms with Crippen LogP contribution in [0, 0.1) is 5.41 Å². The van der Waals surface area contributed by atoms with E-state index in [9.17, 15) is 9.59 Å². The first-order valence-corrected chi connectivity index (χ1v) is 7.24. The van der Waals surface area contributed by atoms with Gasteiger partial charge in [0.25, 0.3) is 0 Å². The van der Waals surface area contributed by atoms with E-state index in [1.807, 2.05) is 11.8 Å². The number of urea groups is 1. The Kier molecular flexibility index (Phi) is 5.63. The van der Waals surface area contributed by atoms with Gasteiger partial charge in [0.1, 0.15) is 0 Å². The van der Waals surface area contributed by atoms with Gasteiger partial charge in [-0.25, -0.2) is 4.79 Å². The third kappa shape index (κ3) is 4.11. The molecule has 0 saturated heterocycles. The van der Waals surface area contributed by atoms with Gasteiger partial charge >= 0.3 is 12.0 Å². The molecule has 1 unspecified atom stereocenters. The molecule has 0 radical (unpaired) electrons. The van der Waals surface area contributed by atoms with Crippen molar-refractivity contribution in [1.82, 2.24) is 10.2 Å². The van der Waals surface area contributed by atoms with Crippen LogP contribution in [0.4, 0.5) is 4.79 Å². The second-order valence-corrected chi connectivity index (χ2v) is 5.55. The standard InChI is InChI=1S/C14H26N2O3/c1-4-6-9-16(11(3)5-2)13(19)15-10-14(7-8-14)12(17)18/h11H,4-10H2,1-3H3,(H,15,19)(H,17,18). The zero-order valence-electron chi connectivity index (χ0n) is 12.2. The van der Waals surface area contributed by atoms with Gasteiger partial charge in [-0.3, -0.25) is 4.79 Å². The molecule has 1 fully saturated rings. The molecule has 2 amide bonds. The van der Waals surface area contributed by atoms with E-state index >= 15 is 0 Å². The molecule has 1 aliphatic rings. The summed E-state index contributed by atoms with van der Waals surface area (Å²) in [6.07, 6.45) is 4.25. The minimum absolute atomic E-state index is 0.129. The molecular formula is C14H26N2O3. The van der Waals surface area contributed by atoms with E-state index in [1.165, 1.54) is 0 Å². The number of nitrogens with zero attached hydrogens (tertiary/aromatic N) is 1. The molecule has 5 heteroatoms. The van der Waals surface area contributed by atoms with Gasteiger partial charge in [0.15, 0.2) is 0 Å². The van der Waals surface area contributed by atoms with Crippen LogP contribution in [0.1, 0.15) is 52.9 Å². The number of amides is 2. The minimum Gasteiger partial charge on any atom is -0.481 e. The molecule has 0 heterocycles. The Bertz CT molecular complexity index is 327. The first-order chi connectivity index (χ1) is 8.96. The average Bonchev–Trinajstić information content (AvgIpc) is 3.17. The van der Waals surface area contributed by atoms with Crippen LogP contribution in [0.15, 0.2) is 0 Å². The van der Waals surface area contributed by atoms with Gasteiger partial charge < -0.3 is 15.3 Å². The number of hydrogen-bond acceptors (Lipinski definition) is 2. The summed E-state index contributed by atoms with van der Waals surface area (Å²) in [5.74, 6) is -0.795. The molecule has 1 saturated carbocycles. The van der Waals surface area contributed by atoms with Gasteiger partial charge in [-0.15, -0.1) is 0 Å². The largest absolute Gasteiger partial charge is 0.481 e. The fraction of sp³-hybridized carbons (Fsp3) is 0.857. The van der Waals surface area contributed by atoms with E-state index in [4.69, 9.17) is 5.11 Å². The number of unbranched alkanes of at least 4 members (excludes halogenated alkanes) is 1. The second-order valence-electron chi connectivity index (χ2n) is 5.55. The maximum atomic E-state index is 12.2.